The van der Waals surface area contributed by atoms with Crippen LogP contribution in [-0.4, -0.2) is 35.0 Å². The standard InChI is InChI=1S/C33H24FIN4O5/c1-2-42-28-15-20(14-25(35)31(28)43-19-30(40)37-23-10-7-9-22(34)17-23)18-36-39-32(29-16-21-8-3-6-13-27(21)44-29)38-26-12-5-4-11-24(26)33(39)41/h3-18H,2,19H2,1H3,(H,37,40). The number of benzene rings is 4. The van der Waals surface area contributed by atoms with Crippen molar-refractivity contribution in [3.8, 4) is 23.1 Å². The van der Waals surface area contributed by atoms with Crippen molar-refractivity contribution in [1.82, 2.24) is 9.66 Å². The van der Waals surface area contributed by atoms with E-state index in [0.717, 1.165) is 5.39 Å². The van der Waals surface area contributed by atoms with Crippen molar-refractivity contribution >= 4 is 62.3 Å². The Morgan fingerprint density at radius 1 is 1.05 bits per heavy atom. The maximum Gasteiger partial charge on any atom is 0.282 e. The number of halogens is 2. The molecule has 0 atom stereocenters. The van der Waals surface area contributed by atoms with Crippen molar-refractivity contribution in [2.45, 2.75) is 6.92 Å². The second-order valence-corrected chi connectivity index (χ2v) is 10.7. The molecule has 6 aromatic rings. The molecule has 220 valence electrons. The Kier molecular flexibility index (Phi) is 8.37. The van der Waals surface area contributed by atoms with Gasteiger partial charge in [0.05, 0.1) is 27.3 Å². The van der Waals surface area contributed by atoms with E-state index in [9.17, 15) is 14.0 Å². The van der Waals surface area contributed by atoms with E-state index >= 15 is 0 Å². The van der Waals surface area contributed by atoms with Gasteiger partial charge in [0.1, 0.15) is 11.4 Å². The second-order valence-electron chi connectivity index (χ2n) is 9.57. The summed E-state index contributed by atoms with van der Waals surface area (Å²) in [6.07, 6.45) is 1.52. The number of carbonyl (C=O) groups is 1. The Bertz CT molecular complexity index is 2070. The second kappa shape index (κ2) is 12.7. The molecular formula is C33H24FIN4O5. The highest BCUT2D eigenvalue weighted by molar-refractivity contribution is 14.1. The van der Waals surface area contributed by atoms with Gasteiger partial charge in [-0.2, -0.15) is 9.78 Å². The first-order valence-corrected chi connectivity index (χ1v) is 14.7. The monoisotopic (exact) mass is 702 g/mol. The summed E-state index contributed by atoms with van der Waals surface area (Å²) in [7, 11) is 0. The van der Waals surface area contributed by atoms with Crippen LogP contribution in [0.2, 0.25) is 0 Å². The maximum atomic E-state index is 13.6. The summed E-state index contributed by atoms with van der Waals surface area (Å²) in [5.41, 5.74) is 1.77. The highest BCUT2D eigenvalue weighted by Crippen LogP contribution is 2.34. The van der Waals surface area contributed by atoms with Gasteiger partial charge in [0, 0.05) is 11.1 Å². The number of anilines is 1. The van der Waals surface area contributed by atoms with Gasteiger partial charge in [0.25, 0.3) is 11.5 Å². The summed E-state index contributed by atoms with van der Waals surface area (Å²) in [5.74, 6) is 0.495. The molecule has 0 aliphatic heterocycles. The third kappa shape index (κ3) is 6.18. The van der Waals surface area contributed by atoms with Crippen LogP contribution in [-0.2, 0) is 4.79 Å². The van der Waals surface area contributed by atoms with Crippen molar-refractivity contribution < 1.29 is 23.1 Å². The molecule has 0 saturated heterocycles. The molecule has 6 rings (SSSR count). The quantitative estimate of drug-likeness (QED) is 0.131. The minimum absolute atomic E-state index is 0.255. The number of hydrogen-bond donors (Lipinski definition) is 1. The van der Waals surface area contributed by atoms with Gasteiger partial charge in [-0.05, 0) is 89.7 Å². The molecule has 1 N–H and O–H groups in total. The average Bonchev–Trinajstić information content (AvgIpc) is 3.45. The summed E-state index contributed by atoms with van der Waals surface area (Å²) in [5, 5.41) is 8.42. The Labute approximate surface area is 264 Å². The fourth-order valence-electron chi connectivity index (χ4n) is 4.57. The first-order chi connectivity index (χ1) is 21.4. The minimum atomic E-state index is -0.458. The fraction of sp³-hybridized carbons (Fsp3) is 0.0909. The smallest absolute Gasteiger partial charge is 0.282 e. The molecule has 11 heteroatoms. The van der Waals surface area contributed by atoms with Crippen LogP contribution < -0.4 is 20.3 Å². The summed E-state index contributed by atoms with van der Waals surface area (Å²) in [6.45, 7) is 1.85. The SMILES string of the molecule is CCOc1cc(C=Nn2c(-c3cc4ccccc4o3)nc3ccccc3c2=O)cc(I)c1OCC(=O)Nc1cccc(F)c1. The molecule has 2 heterocycles. The van der Waals surface area contributed by atoms with Gasteiger partial charge in [0.2, 0.25) is 5.82 Å². The summed E-state index contributed by atoms with van der Waals surface area (Å²) < 4.78 is 33.0. The summed E-state index contributed by atoms with van der Waals surface area (Å²) >= 11 is 2.08. The largest absolute Gasteiger partial charge is 0.490 e. The molecule has 0 unspecified atom stereocenters. The minimum Gasteiger partial charge on any atom is -0.490 e. The van der Waals surface area contributed by atoms with Gasteiger partial charge in [-0.25, -0.2) is 9.37 Å². The van der Waals surface area contributed by atoms with Gasteiger partial charge in [-0.3, -0.25) is 9.59 Å². The first-order valence-electron chi connectivity index (χ1n) is 13.6. The highest BCUT2D eigenvalue weighted by Gasteiger charge is 2.18. The number of ether oxygens (including phenoxy) is 2. The Hall–Kier alpha value is -5.04. The predicted molar refractivity (Wildman–Crippen MR) is 175 cm³/mol. The van der Waals surface area contributed by atoms with E-state index in [-0.39, 0.29) is 18.0 Å². The number of carbonyl (C=O) groups excluding carboxylic acids is 1. The molecule has 0 aliphatic rings. The number of hydrogen-bond acceptors (Lipinski definition) is 7. The molecule has 44 heavy (non-hydrogen) atoms. The van der Waals surface area contributed by atoms with Crippen LogP contribution in [0.25, 0.3) is 33.5 Å². The third-order valence-electron chi connectivity index (χ3n) is 6.51. The molecule has 4 aromatic carbocycles. The first kappa shape index (κ1) is 29.1. The molecule has 9 nitrogen and oxygen atoms in total. The Morgan fingerprint density at radius 3 is 2.68 bits per heavy atom. The number of aromatic nitrogens is 2. The Morgan fingerprint density at radius 2 is 1.86 bits per heavy atom. The number of amides is 1. The number of nitrogens with one attached hydrogen (secondary N) is 1. The highest BCUT2D eigenvalue weighted by atomic mass is 127. The van der Waals surface area contributed by atoms with E-state index in [1.165, 1.54) is 29.1 Å². The van der Waals surface area contributed by atoms with Crippen molar-refractivity contribution in [2.24, 2.45) is 5.10 Å². The molecule has 0 spiro atoms. The molecule has 0 saturated carbocycles. The molecule has 0 radical (unpaired) electrons. The van der Waals surface area contributed by atoms with Crippen molar-refractivity contribution in [3.05, 3.63) is 116 Å². The van der Waals surface area contributed by atoms with E-state index in [4.69, 9.17) is 18.9 Å². The van der Waals surface area contributed by atoms with Gasteiger partial charge < -0.3 is 19.2 Å². The molecule has 2 aromatic heterocycles. The van der Waals surface area contributed by atoms with Crippen LogP contribution in [0.4, 0.5) is 10.1 Å². The lowest BCUT2D eigenvalue weighted by Crippen LogP contribution is -2.21. The third-order valence-corrected chi connectivity index (χ3v) is 7.31. The molecule has 0 aliphatic carbocycles. The van der Waals surface area contributed by atoms with Crippen LogP contribution in [0, 0.1) is 9.39 Å². The Balaban J connectivity index is 1.32. The van der Waals surface area contributed by atoms with Crippen molar-refractivity contribution in [3.63, 3.8) is 0 Å². The van der Waals surface area contributed by atoms with Crippen molar-refractivity contribution in [1.29, 1.82) is 0 Å². The van der Waals surface area contributed by atoms with E-state index in [1.54, 1.807) is 36.4 Å². The van der Waals surface area contributed by atoms with E-state index in [0.29, 0.717) is 55.2 Å². The zero-order chi connectivity index (χ0) is 30.6. The lowest BCUT2D eigenvalue weighted by Gasteiger charge is -2.15. The van der Waals surface area contributed by atoms with Gasteiger partial charge in [-0.1, -0.05) is 36.4 Å². The molecule has 1 amide bonds. The molecule has 0 bridgehead atoms. The van der Waals surface area contributed by atoms with Gasteiger partial charge in [-0.15, -0.1) is 0 Å². The number of furan rings is 1. The van der Waals surface area contributed by atoms with Gasteiger partial charge in [0.15, 0.2) is 23.9 Å². The molecule has 0 fully saturated rings. The van der Waals surface area contributed by atoms with Crippen LogP contribution >= 0.6 is 22.6 Å². The molecular weight excluding hydrogens is 678 g/mol. The average molecular weight is 702 g/mol. The van der Waals surface area contributed by atoms with Gasteiger partial charge >= 0.3 is 0 Å². The fourth-order valence-corrected chi connectivity index (χ4v) is 5.35. The van der Waals surface area contributed by atoms with Crippen LogP contribution in [0.5, 0.6) is 11.5 Å². The zero-order valence-corrected chi connectivity index (χ0v) is 25.4. The number of rotatable bonds is 9. The van der Waals surface area contributed by atoms with Crippen LogP contribution in [0.3, 0.4) is 0 Å². The predicted octanol–water partition coefficient (Wildman–Crippen LogP) is 6.85. The normalized spacial score (nSPS) is 11.3. The lowest BCUT2D eigenvalue weighted by atomic mass is 10.2. The van der Waals surface area contributed by atoms with E-state index in [2.05, 4.69) is 33.0 Å². The van der Waals surface area contributed by atoms with E-state index in [1.807, 2.05) is 43.3 Å². The maximum absolute atomic E-state index is 13.6. The lowest BCUT2D eigenvalue weighted by molar-refractivity contribution is -0.118. The number of fused-ring (bicyclic) bond motifs is 2. The number of nitrogens with zero attached hydrogens (tertiary/aromatic N) is 3. The van der Waals surface area contributed by atoms with E-state index < -0.39 is 11.7 Å². The summed E-state index contributed by atoms with van der Waals surface area (Å²) in [4.78, 5) is 30.8. The summed E-state index contributed by atoms with van der Waals surface area (Å²) in [6, 6.07) is 25.5. The topological polar surface area (TPSA) is 108 Å². The number of para-hydroxylation sites is 2. The van der Waals surface area contributed by atoms with Crippen LogP contribution in [0.1, 0.15) is 12.5 Å². The zero-order valence-electron chi connectivity index (χ0n) is 23.3. The van der Waals surface area contributed by atoms with Crippen LogP contribution in [0.15, 0.2) is 105 Å². The van der Waals surface area contributed by atoms with Crippen molar-refractivity contribution in [2.75, 3.05) is 18.5 Å².